The number of H-pyrrole nitrogens is 1. The first-order valence-electron chi connectivity index (χ1n) is 17.5. The third kappa shape index (κ3) is 6.62. The molecule has 256 valence electrons. The van der Waals surface area contributed by atoms with E-state index in [-0.39, 0.29) is 18.2 Å². The van der Waals surface area contributed by atoms with Crippen molar-refractivity contribution in [2.24, 2.45) is 0 Å². The summed E-state index contributed by atoms with van der Waals surface area (Å²) in [5.74, 6) is 0.0483. The standard InChI is InChI=1S/C42H38N4O5/c47-33-15-18-36-35(23-33)31(24-43-36)22-38(42(49)50)45-41(48)30-14-19-39-37(21-30)44-40(46(39)32-8-2-1-3-9-32)28-12-16-34(17-13-28)51-25-26-10-11-27-6-4-5-7-29(27)20-26/h4-7,10-21,23-24,32,38,43,47H,1-3,8-9,22,25H2,(H,45,48)(H,49,50). The maximum absolute atomic E-state index is 13.5. The average Bonchev–Trinajstić information content (AvgIpc) is 3.74. The molecule has 4 N–H and O–H groups in total. The monoisotopic (exact) mass is 678 g/mol. The Kier molecular flexibility index (Phi) is 8.61. The van der Waals surface area contributed by atoms with E-state index in [0.29, 0.717) is 28.6 Å². The Morgan fingerprint density at radius 2 is 1.71 bits per heavy atom. The largest absolute Gasteiger partial charge is 0.508 e. The van der Waals surface area contributed by atoms with Crippen LogP contribution >= 0.6 is 0 Å². The fraction of sp³-hybridized carbons (Fsp3) is 0.214. The van der Waals surface area contributed by atoms with Crippen LogP contribution in [0.4, 0.5) is 0 Å². The minimum Gasteiger partial charge on any atom is -0.508 e. The molecule has 1 aliphatic carbocycles. The quantitative estimate of drug-likeness (QED) is 0.115. The fourth-order valence-electron chi connectivity index (χ4n) is 7.34. The van der Waals surface area contributed by atoms with Crippen molar-refractivity contribution >= 4 is 44.6 Å². The summed E-state index contributed by atoms with van der Waals surface area (Å²) in [5, 5.41) is 25.8. The number of fused-ring (bicyclic) bond motifs is 3. The molecule has 51 heavy (non-hydrogen) atoms. The molecule has 0 spiro atoms. The SMILES string of the molecule is O=C(NC(Cc1c[nH]c2ccc(O)cc12)C(=O)O)c1ccc2c(c1)nc(-c1ccc(OCc3ccc4ccccc4c3)cc1)n2C1CCCCC1. The van der Waals surface area contributed by atoms with Gasteiger partial charge in [-0.25, -0.2) is 9.78 Å². The first-order chi connectivity index (χ1) is 24.9. The first kappa shape index (κ1) is 32.1. The highest BCUT2D eigenvalue weighted by molar-refractivity contribution is 6.00. The van der Waals surface area contributed by atoms with Gasteiger partial charge in [-0.15, -0.1) is 0 Å². The number of imidazole rings is 1. The third-order valence-corrected chi connectivity index (χ3v) is 10.0. The van der Waals surface area contributed by atoms with E-state index in [9.17, 15) is 19.8 Å². The van der Waals surface area contributed by atoms with Gasteiger partial charge in [0.25, 0.3) is 5.91 Å². The number of aliphatic carboxylic acids is 1. The van der Waals surface area contributed by atoms with Crippen LogP contribution in [0.2, 0.25) is 0 Å². The van der Waals surface area contributed by atoms with Gasteiger partial charge in [0.05, 0.1) is 11.0 Å². The molecule has 8 rings (SSSR count). The summed E-state index contributed by atoms with van der Waals surface area (Å²) >= 11 is 0. The lowest BCUT2D eigenvalue weighted by Crippen LogP contribution is -2.42. The predicted octanol–water partition coefficient (Wildman–Crippen LogP) is 8.55. The highest BCUT2D eigenvalue weighted by Gasteiger charge is 2.26. The summed E-state index contributed by atoms with van der Waals surface area (Å²) in [5.41, 5.74) is 5.47. The zero-order valence-corrected chi connectivity index (χ0v) is 28.0. The second-order valence-corrected chi connectivity index (χ2v) is 13.4. The molecule has 9 nitrogen and oxygen atoms in total. The zero-order valence-electron chi connectivity index (χ0n) is 28.0. The Hall–Kier alpha value is -6.09. The first-order valence-corrected chi connectivity index (χ1v) is 17.5. The van der Waals surface area contributed by atoms with E-state index in [1.165, 1.54) is 17.2 Å². The average molecular weight is 679 g/mol. The van der Waals surface area contributed by atoms with Gasteiger partial charge in [-0.1, -0.05) is 55.7 Å². The van der Waals surface area contributed by atoms with E-state index in [0.717, 1.165) is 59.4 Å². The lowest BCUT2D eigenvalue weighted by atomic mass is 9.94. The van der Waals surface area contributed by atoms with Gasteiger partial charge in [-0.2, -0.15) is 0 Å². The number of aromatic hydroxyl groups is 1. The Balaban J connectivity index is 1.04. The van der Waals surface area contributed by atoms with E-state index >= 15 is 0 Å². The zero-order chi connectivity index (χ0) is 34.9. The number of rotatable bonds is 10. The number of nitrogens with one attached hydrogen (secondary N) is 2. The van der Waals surface area contributed by atoms with Crippen molar-refractivity contribution in [2.45, 2.75) is 57.2 Å². The molecule has 0 aliphatic heterocycles. The highest BCUT2D eigenvalue weighted by atomic mass is 16.5. The van der Waals surface area contributed by atoms with Crippen molar-refractivity contribution in [2.75, 3.05) is 0 Å². The van der Waals surface area contributed by atoms with Crippen LogP contribution in [0.5, 0.6) is 11.5 Å². The Morgan fingerprint density at radius 3 is 2.51 bits per heavy atom. The summed E-state index contributed by atoms with van der Waals surface area (Å²) < 4.78 is 8.47. The van der Waals surface area contributed by atoms with Gasteiger partial charge >= 0.3 is 5.97 Å². The normalized spacial score (nSPS) is 14.2. The van der Waals surface area contributed by atoms with Crippen molar-refractivity contribution in [1.29, 1.82) is 0 Å². The number of phenolic OH excluding ortho intramolecular Hbond substituents is 1. The Labute approximate surface area is 294 Å². The van der Waals surface area contributed by atoms with Crippen LogP contribution in [0, 0.1) is 0 Å². The molecule has 1 fully saturated rings. The van der Waals surface area contributed by atoms with E-state index in [2.05, 4.69) is 45.2 Å². The van der Waals surface area contributed by atoms with Gasteiger partial charge in [-0.3, -0.25) is 4.79 Å². The van der Waals surface area contributed by atoms with Crippen LogP contribution in [0.1, 0.15) is 59.6 Å². The molecule has 2 aromatic heterocycles. The number of ether oxygens (including phenoxy) is 1. The lowest BCUT2D eigenvalue weighted by Gasteiger charge is -2.25. The molecule has 1 saturated carbocycles. The van der Waals surface area contributed by atoms with Crippen molar-refractivity contribution in [3.63, 3.8) is 0 Å². The summed E-state index contributed by atoms with van der Waals surface area (Å²) in [6.45, 7) is 0.462. The number of carboxylic acid groups (broad SMARTS) is 1. The maximum atomic E-state index is 13.5. The second-order valence-electron chi connectivity index (χ2n) is 13.4. The van der Waals surface area contributed by atoms with Gasteiger partial charge in [0.2, 0.25) is 0 Å². The molecule has 0 saturated heterocycles. The van der Waals surface area contributed by atoms with Crippen LogP contribution < -0.4 is 10.1 Å². The molecule has 9 heteroatoms. The molecular formula is C42H38N4O5. The number of carbonyl (C=O) groups is 2. The second kappa shape index (κ2) is 13.7. The molecule has 5 aromatic carbocycles. The molecule has 0 radical (unpaired) electrons. The molecular weight excluding hydrogens is 640 g/mol. The van der Waals surface area contributed by atoms with Crippen LogP contribution in [0.25, 0.3) is 44.1 Å². The predicted molar refractivity (Wildman–Crippen MR) is 198 cm³/mol. The van der Waals surface area contributed by atoms with Crippen LogP contribution in [-0.4, -0.2) is 42.7 Å². The number of nitrogens with zero attached hydrogens (tertiary/aromatic N) is 2. The summed E-state index contributed by atoms with van der Waals surface area (Å²) in [6.07, 6.45) is 7.39. The van der Waals surface area contributed by atoms with E-state index < -0.39 is 17.9 Å². The van der Waals surface area contributed by atoms with Gasteiger partial charge in [0.1, 0.15) is 30.0 Å². The number of phenols is 1. The van der Waals surface area contributed by atoms with Gasteiger partial charge in [-0.05, 0) is 101 Å². The van der Waals surface area contributed by atoms with Gasteiger partial charge in [0, 0.05) is 40.7 Å². The van der Waals surface area contributed by atoms with Crippen molar-refractivity contribution in [3.8, 4) is 22.9 Å². The number of amides is 1. The number of carboxylic acids is 1. The smallest absolute Gasteiger partial charge is 0.326 e. The minimum atomic E-state index is -1.17. The Bertz CT molecular complexity index is 2390. The summed E-state index contributed by atoms with van der Waals surface area (Å²) in [7, 11) is 0. The number of hydrogen-bond donors (Lipinski definition) is 4. The molecule has 1 aliphatic rings. The van der Waals surface area contributed by atoms with Gasteiger partial charge in [0.15, 0.2) is 0 Å². The molecule has 7 aromatic rings. The summed E-state index contributed by atoms with van der Waals surface area (Å²) in [4.78, 5) is 34.0. The number of aromatic nitrogens is 3. The van der Waals surface area contributed by atoms with Crippen LogP contribution in [-0.2, 0) is 17.8 Å². The third-order valence-electron chi connectivity index (χ3n) is 10.0. The molecule has 0 bridgehead atoms. The topological polar surface area (TPSA) is 129 Å². The van der Waals surface area contributed by atoms with E-state index in [1.54, 1.807) is 36.5 Å². The fourth-order valence-corrected chi connectivity index (χ4v) is 7.34. The van der Waals surface area contributed by atoms with Crippen molar-refractivity contribution in [1.82, 2.24) is 19.9 Å². The molecule has 1 unspecified atom stereocenters. The maximum Gasteiger partial charge on any atom is 0.326 e. The highest BCUT2D eigenvalue weighted by Crippen LogP contribution is 2.37. The van der Waals surface area contributed by atoms with E-state index in [4.69, 9.17) is 9.72 Å². The minimum absolute atomic E-state index is 0.0508. The molecule has 1 atom stereocenters. The van der Waals surface area contributed by atoms with Crippen molar-refractivity contribution in [3.05, 3.63) is 126 Å². The van der Waals surface area contributed by atoms with Crippen molar-refractivity contribution < 1.29 is 24.5 Å². The number of aromatic amines is 1. The molecule has 1 amide bonds. The lowest BCUT2D eigenvalue weighted by molar-refractivity contribution is -0.139. The van der Waals surface area contributed by atoms with E-state index in [1.807, 2.05) is 42.5 Å². The number of carbonyl (C=O) groups excluding carboxylic acids is 1. The van der Waals surface area contributed by atoms with Crippen LogP contribution in [0.15, 0.2) is 109 Å². The molecule has 2 heterocycles. The van der Waals surface area contributed by atoms with Gasteiger partial charge < -0.3 is 29.8 Å². The summed E-state index contributed by atoms with van der Waals surface area (Å²) in [6, 6.07) is 32.1. The number of hydrogen-bond acceptors (Lipinski definition) is 5. The Morgan fingerprint density at radius 1 is 0.902 bits per heavy atom. The van der Waals surface area contributed by atoms with Crippen LogP contribution in [0.3, 0.4) is 0 Å². The number of benzene rings is 5.